The second-order valence-corrected chi connectivity index (χ2v) is 7.91. The van der Waals surface area contributed by atoms with E-state index in [2.05, 4.69) is 5.32 Å². The highest BCUT2D eigenvalue weighted by molar-refractivity contribution is 6.30. The van der Waals surface area contributed by atoms with Crippen LogP contribution >= 0.6 is 11.6 Å². The van der Waals surface area contributed by atoms with Crippen LogP contribution in [-0.2, 0) is 11.2 Å². The summed E-state index contributed by atoms with van der Waals surface area (Å²) in [5.74, 6) is 0.816. The molecular weight excluding hydrogens is 388 g/mol. The first-order chi connectivity index (χ1) is 13.8. The smallest absolute Gasteiger partial charge is 0.262 e. The first-order valence-electron chi connectivity index (χ1n) is 9.56. The number of carbonyl (C=O) groups is 2. The molecule has 1 amide bonds. The van der Waals surface area contributed by atoms with Crippen molar-refractivity contribution < 1.29 is 14.3 Å². The zero-order chi connectivity index (χ0) is 21.1. The maximum atomic E-state index is 13.2. The van der Waals surface area contributed by atoms with Crippen LogP contribution in [-0.4, -0.2) is 30.0 Å². The maximum absolute atomic E-state index is 13.2. The van der Waals surface area contributed by atoms with E-state index in [4.69, 9.17) is 16.3 Å². The van der Waals surface area contributed by atoms with Crippen LogP contribution in [0.15, 0.2) is 42.5 Å². The Balaban J connectivity index is 2.08. The van der Waals surface area contributed by atoms with Crippen molar-refractivity contribution in [1.82, 2.24) is 9.88 Å². The lowest BCUT2D eigenvalue weighted by molar-refractivity contribution is -0.120. The zero-order valence-electron chi connectivity index (χ0n) is 17.1. The number of nitrogens with one attached hydrogen (secondary N) is 1. The van der Waals surface area contributed by atoms with E-state index in [0.717, 1.165) is 22.2 Å². The molecule has 29 heavy (non-hydrogen) atoms. The van der Waals surface area contributed by atoms with Crippen molar-refractivity contribution in [2.24, 2.45) is 5.92 Å². The fourth-order valence-corrected chi connectivity index (χ4v) is 3.46. The van der Waals surface area contributed by atoms with E-state index < -0.39 is 0 Å². The summed E-state index contributed by atoms with van der Waals surface area (Å²) in [4.78, 5) is 25.8. The van der Waals surface area contributed by atoms with Crippen LogP contribution in [0.4, 0.5) is 0 Å². The van der Waals surface area contributed by atoms with Gasteiger partial charge in [0.25, 0.3) is 5.91 Å². The van der Waals surface area contributed by atoms with E-state index in [9.17, 15) is 9.59 Å². The summed E-state index contributed by atoms with van der Waals surface area (Å²) in [5.41, 5.74) is 2.84. The number of fused-ring (bicyclic) bond motifs is 1. The Morgan fingerprint density at radius 2 is 1.83 bits per heavy atom. The molecule has 0 saturated carbocycles. The average molecular weight is 413 g/mol. The minimum absolute atomic E-state index is 0.0670. The van der Waals surface area contributed by atoms with Crippen molar-refractivity contribution in [3.8, 4) is 5.75 Å². The maximum Gasteiger partial charge on any atom is 0.262 e. The molecule has 0 saturated heterocycles. The fourth-order valence-electron chi connectivity index (χ4n) is 3.34. The van der Waals surface area contributed by atoms with Crippen molar-refractivity contribution in [1.29, 1.82) is 0 Å². The number of benzene rings is 2. The second-order valence-electron chi connectivity index (χ2n) is 7.47. The first kappa shape index (κ1) is 20.9. The van der Waals surface area contributed by atoms with Gasteiger partial charge in [-0.25, -0.2) is 0 Å². The van der Waals surface area contributed by atoms with Gasteiger partial charge in [0, 0.05) is 28.2 Å². The normalized spacial score (nSPS) is 11.1. The molecular formula is C23H25ClN2O3. The van der Waals surface area contributed by atoms with Gasteiger partial charge in [-0.2, -0.15) is 0 Å². The Morgan fingerprint density at radius 3 is 2.45 bits per heavy atom. The number of nitrogens with zero attached hydrogens (tertiary/aromatic N) is 1. The molecule has 5 nitrogen and oxygen atoms in total. The van der Waals surface area contributed by atoms with Crippen LogP contribution in [0.2, 0.25) is 5.02 Å². The van der Waals surface area contributed by atoms with Crippen LogP contribution in [0.5, 0.6) is 5.75 Å². The molecule has 2 aromatic carbocycles. The Hall–Kier alpha value is -2.79. The summed E-state index contributed by atoms with van der Waals surface area (Å²) in [6, 6.07) is 12.3. The van der Waals surface area contributed by atoms with Crippen molar-refractivity contribution in [3.05, 3.63) is 64.3 Å². The summed E-state index contributed by atoms with van der Waals surface area (Å²) in [6.07, 6.45) is 0.198. The molecule has 1 heterocycles. The van der Waals surface area contributed by atoms with Crippen molar-refractivity contribution in [3.63, 3.8) is 0 Å². The number of halogens is 1. The lowest BCUT2D eigenvalue weighted by atomic mass is 10.1. The van der Waals surface area contributed by atoms with E-state index in [0.29, 0.717) is 28.8 Å². The molecule has 0 bridgehead atoms. The first-order valence-corrected chi connectivity index (χ1v) is 9.94. The molecule has 0 aliphatic carbocycles. The quantitative estimate of drug-likeness (QED) is 0.642. The lowest BCUT2D eigenvalue weighted by Gasteiger charge is -2.09. The summed E-state index contributed by atoms with van der Waals surface area (Å²) in [6.45, 7) is 6.58. The van der Waals surface area contributed by atoms with E-state index in [1.807, 2.05) is 39.0 Å². The largest absolute Gasteiger partial charge is 0.497 e. The highest BCUT2D eigenvalue weighted by Gasteiger charge is 2.22. The average Bonchev–Trinajstić information content (AvgIpc) is 2.97. The molecule has 1 N–H and O–H groups in total. The molecule has 1 aromatic heterocycles. The SMILES string of the molecule is COc1ccc2c(c1)c(CC(=O)NCC(C)C)c(C)n2C(=O)c1ccc(Cl)cc1. The third kappa shape index (κ3) is 4.46. The van der Waals surface area contributed by atoms with Gasteiger partial charge in [0.1, 0.15) is 5.75 Å². The predicted octanol–water partition coefficient (Wildman–Crippen LogP) is 4.61. The van der Waals surface area contributed by atoms with Crippen molar-refractivity contribution in [2.75, 3.05) is 13.7 Å². The Kier molecular flexibility index (Phi) is 6.28. The fraction of sp³-hybridized carbons (Fsp3) is 0.304. The van der Waals surface area contributed by atoms with Crippen LogP contribution in [0.25, 0.3) is 10.9 Å². The third-order valence-electron chi connectivity index (χ3n) is 4.88. The summed E-state index contributed by atoms with van der Waals surface area (Å²) in [7, 11) is 1.60. The van der Waals surface area contributed by atoms with Gasteiger partial charge in [0.15, 0.2) is 0 Å². The number of aromatic nitrogens is 1. The molecule has 0 unspecified atom stereocenters. The van der Waals surface area contributed by atoms with E-state index in [1.54, 1.807) is 35.9 Å². The molecule has 6 heteroatoms. The van der Waals surface area contributed by atoms with Gasteiger partial charge in [-0.05, 0) is 60.9 Å². The van der Waals surface area contributed by atoms with E-state index >= 15 is 0 Å². The van der Waals surface area contributed by atoms with Crippen molar-refractivity contribution in [2.45, 2.75) is 27.2 Å². The van der Waals surface area contributed by atoms with Gasteiger partial charge in [0.05, 0.1) is 19.0 Å². The summed E-state index contributed by atoms with van der Waals surface area (Å²) >= 11 is 5.96. The highest BCUT2D eigenvalue weighted by Crippen LogP contribution is 2.30. The molecule has 0 atom stereocenters. The molecule has 0 aliphatic heterocycles. The topological polar surface area (TPSA) is 60.3 Å². The Bertz CT molecular complexity index is 1050. The minimum Gasteiger partial charge on any atom is -0.497 e. The molecule has 0 radical (unpaired) electrons. The molecule has 3 aromatic rings. The van der Waals surface area contributed by atoms with Crippen LogP contribution in [0, 0.1) is 12.8 Å². The Morgan fingerprint density at radius 1 is 1.14 bits per heavy atom. The number of rotatable bonds is 6. The lowest BCUT2D eigenvalue weighted by Crippen LogP contribution is -2.29. The standard InChI is InChI=1S/C23H25ClN2O3/c1-14(2)13-25-22(27)12-19-15(3)26(21-10-9-18(29-4)11-20(19)21)23(28)16-5-7-17(24)8-6-16/h5-11,14H,12-13H2,1-4H3,(H,25,27). The van der Waals surface area contributed by atoms with Gasteiger partial charge in [-0.15, -0.1) is 0 Å². The van der Waals surface area contributed by atoms with E-state index in [1.165, 1.54) is 0 Å². The number of amides is 1. The van der Waals surface area contributed by atoms with Gasteiger partial charge in [0.2, 0.25) is 5.91 Å². The summed E-state index contributed by atoms with van der Waals surface area (Å²) < 4.78 is 7.02. The number of ether oxygens (including phenoxy) is 1. The predicted molar refractivity (Wildman–Crippen MR) is 116 cm³/mol. The van der Waals surface area contributed by atoms with Crippen LogP contribution in [0.1, 0.15) is 35.5 Å². The number of methoxy groups -OCH3 is 1. The molecule has 0 aliphatic rings. The molecule has 0 fully saturated rings. The summed E-state index contributed by atoms with van der Waals surface area (Å²) in [5, 5.41) is 4.36. The zero-order valence-corrected chi connectivity index (χ0v) is 17.8. The number of hydrogen-bond acceptors (Lipinski definition) is 3. The van der Waals surface area contributed by atoms with Gasteiger partial charge >= 0.3 is 0 Å². The van der Waals surface area contributed by atoms with Gasteiger partial charge < -0.3 is 10.1 Å². The third-order valence-corrected chi connectivity index (χ3v) is 5.13. The highest BCUT2D eigenvalue weighted by atomic mass is 35.5. The monoisotopic (exact) mass is 412 g/mol. The van der Waals surface area contributed by atoms with Crippen molar-refractivity contribution >= 4 is 34.3 Å². The Labute approximate surface area is 175 Å². The second kappa shape index (κ2) is 8.70. The number of carbonyl (C=O) groups excluding carboxylic acids is 2. The molecule has 3 rings (SSSR count). The molecule has 152 valence electrons. The van der Waals surface area contributed by atoms with Gasteiger partial charge in [-0.1, -0.05) is 25.4 Å². The van der Waals surface area contributed by atoms with Crippen LogP contribution < -0.4 is 10.1 Å². The molecule has 0 spiro atoms. The minimum atomic E-state index is -0.164. The van der Waals surface area contributed by atoms with E-state index in [-0.39, 0.29) is 18.2 Å². The van der Waals surface area contributed by atoms with Gasteiger partial charge in [-0.3, -0.25) is 14.2 Å². The number of hydrogen-bond donors (Lipinski definition) is 1. The van der Waals surface area contributed by atoms with Crippen LogP contribution in [0.3, 0.4) is 0 Å².